The number of hydrogen-bond donors (Lipinski definition) is 0. The summed E-state index contributed by atoms with van der Waals surface area (Å²) in [6.07, 6.45) is 5.34. The minimum absolute atomic E-state index is 0.0274. The Morgan fingerprint density at radius 1 is 0.892 bits per heavy atom. The number of nitriles is 2. The van der Waals surface area contributed by atoms with Crippen LogP contribution in [0, 0.1) is 38.2 Å². The highest BCUT2D eigenvalue weighted by Gasteiger charge is 2.62. The van der Waals surface area contributed by atoms with E-state index in [0.29, 0.717) is 11.4 Å². The maximum Gasteiger partial charge on any atom is 0.269 e. The number of amidine groups is 1. The van der Waals surface area contributed by atoms with Gasteiger partial charge in [0.2, 0.25) is 0 Å². The Labute approximate surface area is 215 Å². The molecule has 6 rings (SSSR count). The highest BCUT2D eigenvalue weighted by Crippen LogP contribution is 2.61. The second-order valence-electron chi connectivity index (χ2n) is 10.0. The fourth-order valence-corrected chi connectivity index (χ4v) is 6.39. The van der Waals surface area contributed by atoms with Crippen LogP contribution in [0.4, 0.5) is 11.4 Å². The van der Waals surface area contributed by atoms with Crippen molar-refractivity contribution in [3.63, 3.8) is 0 Å². The number of rotatable bonds is 3. The van der Waals surface area contributed by atoms with Crippen LogP contribution in [0.25, 0.3) is 11.1 Å². The van der Waals surface area contributed by atoms with E-state index in [-0.39, 0.29) is 11.7 Å². The lowest BCUT2D eigenvalue weighted by molar-refractivity contribution is -0.384. The van der Waals surface area contributed by atoms with Crippen LogP contribution in [-0.4, -0.2) is 16.8 Å². The van der Waals surface area contributed by atoms with Gasteiger partial charge in [-0.25, -0.2) is 0 Å². The number of nitrogens with zero attached hydrogens (tertiary/aromatic N) is 5. The van der Waals surface area contributed by atoms with Crippen molar-refractivity contribution >= 4 is 17.2 Å². The lowest BCUT2D eigenvalue weighted by Crippen LogP contribution is -2.35. The van der Waals surface area contributed by atoms with Gasteiger partial charge in [0, 0.05) is 17.7 Å². The average Bonchev–Trinajstić information content (AvgIpc) is 3.24. The summed E-state index contributed by atoms with van der Waals surface area (Å²) in [4.78, 5) is 18.3. The minimum Gasteiger partial charge on any atom is -0.319 e. The molecule has 0 bridgehead atoms. The van der Waals surface area contributed by atoms with Crippen LogP contribution in [0.1, 0.15) is 55.2 Å². The SMILES string of the molecule is N#CC1(C#N)[C@@H]2c3ccccc3-c3ccccc3N2C(=NC2CCCCC2)[C@H]1c1ccc([N+](=O)[O-])cc1. The molecule has 0 spiro atoms. The summed E-state index contributed by atoms with van der Waals surface area (Å²) in [7, 11) is 0. The summed E-state index contributed by atoms with van der Waals surface area (Å²) in [5, 5.41) is 32.9. The van der Waals surface area contributed by atoms with Gasteiger partial charge in [0.1, 0.15) is 5.84 Å². The van der Waals surface area contributed by atoms with Crippen molar-refractivity contribution < 1.29 is 4.92 Å². The summed E-state index contributed by atoms with van der Waals surface area (Å²) >= 11 is 0. The largest absolute Gasteiger partial charge is 0.319 e. The van der Waals surface area contributed by atoms with E-state index in [1.165, 1.54) is 18.6 Å². The summed E-state index contributed by atoms with van der Waals surface area (Å²) in [5.41, 5.74) is 3.08. The monoisotopic (exact) mass is 487 g/mol. The van der Waals surface area contributed by atoms with Crippen LogP contribution >= 0.6 is 0 Å². The van der Waals surface area contributed by atoms with Crippen LogP contribution in [0.2, 0.25) is 0 Å². The minimum atomic E-state index is -1.48. The van der Waals surface area contributed by atoms with E-state index in [4.69, 9.17) is 4.99 Å². The van der Waals surface area contributed by atoms with Gasteiger partial charge in [-0.15, -0.1) is 0 Å². The number of para-hydroxylation sites is 1. The first-order chi connectivity index (χ1) is 18.1. The molecule has 3 aromatic rings. The number of non-ortho nitro benzene ring substituents is 1. The zero-order valence-electron chi connectivity index (χ0n) is 20.2. The normalized spacial score (nSPS) is 22.9. The molecule has 0 amide bonds. The van der Waals surface area contributed by atoms with Crippen molar-refractivity contribution in [2.45, 2.75) is 50.1 Å². The third kappa shape index (κ3) is 3.42. The first-order valence-corrected chi connectivity index (χ1v) is 12.7. The quantitative estimate of drug-likeness (QED) is 0.302. The molecule has 37 heavy (non-hydrogen) atoms. The van der Waals surface area contributed by atoms with E-state index in [2.05, 4.69) is 23.1 Å². The first-order valence-electron chi connectivity index (χ1n) is 12.7. The van der Waals surface area contributed by atoms with Crippen LogP contribution < -0.4 is 4.90 Å². The highest BCUT2D eigenvalue weighted by molar-refractivity contribution is 6.11. The molecular formula is C30H25N5O2. The van der Waals surface area contributed by atoms with E-state index in [1.54, 1.807) is 12.1 Å². The van der Waals surface area contributed by atoms with Gasteiger partial charge in [0.15, 0.2) is 5.41 Å². The Balaban J connectivity index is 1.65. The number of benzene rings is 3. The Bertz CT molecular complexity index is 1480. The van der Waals surface area contributed by atoms with Crippen LogP contribution in [-0.2, 0) is 0 Å². The van der Waals surface area contributed by atoms with Crippen molar-refractivity contribution in [2.24, 2.45) is 10.4 Å². The topological polar surface area (TPSA) is 106 Å². The molecule has 3 aliphatic rings. The fraction of sp³-hybridized carbons (Fsp3) is 0.300. The number of nitro groups is 1. The van der Waals surface area contributed by atoms with E-state index in [1.807, 2.05) is 42.5 Å². The first kappa shape index (κ1) is 22.9. The number of aliphatic imine (C=N–C) groups is 1. The van der Waals surface area contributed by atoms with Crippen LogP contribution in [0.3, 0.4) is 0 Å². The number of hydrogen-bond acceptors (Lipinski definition) is 5. The maximum absolute atomic E-state index is 11.3. The zero-order valence-corrected chi connectivity index (χ0v) is 20.2. The van der Waals surface area contributed by atoms with E-state index in [9.17, 15) is 20.6 Å². The summed E-state index contributed by atoms with van der Waals surface area (Å²) < 4.78 is 0. The third-order valence-corrected chi connectivity index (χ3v) is 8.06. The van der Waals surface area contributed by atoms with Gasteiger partial charge in [-0.3, -0.25) is 15.1 Å². The predicted molar refractivity (Wildman–Crippen MR) is 141 cm³/mol. The standard InChI is InChI=1S/C30H25N5O2/c31-18-30(19-32)27(20-14-16-22(17-15-20)35(36)37)29(33-21-8-2-1-3-9-21)34-26-13-7-6-11-24(26)23-10-4-5-12-25(23)28(30)34/h4-7,10-17,21,27-28H,1-3,8-9H2/t27-,28+/m1/s1. The molecule has 0 N–H and O–H groups in total. The lowest BCUT2D eigenvalue weighted by atomic mass is 9.69. The molecule has 7 nitrogen and oxygen atoms in total. The van der Waals surface area contributed by atoms with Crippen molar-refractivity contribution in [1.82, 2.24) is 0 Å². The molecule has 1 saturated heterocycles. The molecule has 0 aromatic heterocycles. The molecule has 182 valence electrons. The second-order valence-corrected chi connectivity index (χ2v) is 10.0. The summed E-state index contributed by atoms with van der Waals surface area (Å²) in [6.45, 7) is 0. The number of nitro benzene ring substituents is 1. The zero-order chi connectivity index (χ0) is 25.6. The van der Waals surface area contributed by atoms with Gasteiger partial charge in [-0.2, -0.15) is 10.5 Å². The van der Waals surface area contributed by atoms with Gasteiger partial charge in [0.05, 0.1) is 40.8 Å². The Kier molecular flexibility index (Phi) is 5.50. The van der Waals surface area contributed by atoms with Crippen LogP contribution in [0.5, 0.6) is 0 Å². The fourth-order valence-electron chi connectivity index (χ4n) is 6.39. The molecule has 3 aromatic carbocycles. The molecule has 1 saturated carbocycles. The van der Waals surface area contributed by atoms with Crippen molar-refractivity contribution in [3.8, 4) is 23.3 Å². The highest BCUT2D eigenvalue weighted by atomic mass is 16.6. The molecule has 2 heterocycles. The Hall–Kier alpha value is -4.49. The molecule has 2 atom stereocenters. The Morgan fingerprint density at radius 3 is 2.22 bits per heavy atom. The average molecular weight is 488 g/mol. The smallest absolute Gasteiger partial charge is 0.269 e. The van der Waals surface area contributed by atoms with Crippen molar-refractivity contribution in [2.75, 3.05) is 4.90 Å². The van der Waals surface area contributed by atoms with Crippen LogP contribution in [0.15, 0.2) is 77.8 Å². The third-order valence-electron chi connectivity index (χ3n) is 8.06. The summed E-state index contributed by atoms with van der Waals surface area (Å²) in [6, 6.07) is 26.7. The van der Waals surface area contributed by atoms with E-state index < -0.39 is 22.3 Å². The molecular weight excluding hydrogens is 462 g/mol. The maximum atomic E-state index is 11.3. The molecule has 1 aliphatic carbocycles. The molecule has 2 aliphatic heterocycles. The van der Waals surface area contributed by atoms with Gasteiger partial charge < -0.3 is 4.90 Å². The van der Waals surface area contributed by atoms with Crippen molar-refractivity contribution in [1.29, 1.82) is 10.5 Å². The molecule has 2 fully saturated rings. The molecule has 7 heteroatoms. The number of fused-ring (bicyclic) bond motifs is 6. The van der Waals surface area contributed by atoms with Crippen molar-refractivity contribution in [3.05, 3.63) is 94.0 Å². The van der Waals surface area contributed by atoms with Gasteiger partial charge >= 0.3 is 0 Å². The van der Waals surface area contributed by atoms with Gasteiger partial charge in [-0.1, -0.05) is 73.9 Å². The van der Waals surface area contributed by atoms with Gasteiger partial charge in [-0.05, 0) is 35.6 Å². The van der Waals surface area contributed by atoms with E-state index in [0.717, 1.165) is 48.1 Å². The van der Waals surface area contributed by atoms with E-state index >= 15 is 0 Å². The summed E-state index contributed by atoms with van der Waals surface area (Å²) in [5.74, 6) is 0.0465. The second kappa shape index (κ2) is 8.87. The predicted octanol–water partition coefficient (Wildman–Crippen LogP) is 6.69. The van der Waals surface area contributed by atoms with Gasteiger partial charge in [0.25, 0.3) is 5.69 Å². The molecule has 0 unspecified atom stereocenters. The lowest BCUT2D eigenvalue weighted by Gasteiger charge is -2.38. The number of anilines is 1. The Morgan fingerprint density at radius 2 is 1.54 bits per heavy atom. The molecule has 0 radical (unpaired) electrons.